The van der Waals surface area contributed by atoms with Crippen molar-refractivity contribution < 1.29 is 0 Å². The summed E-state index contributed by atoms with van der Waals surface area (Å²) in [6.07, 6.45) is 6.94. The quantitative estimate of drug-likeness (QED) is 0.579. The molecule has 0 heterocycles. The SMILES string of the molecule is CCC1=C(CC)C2CC1C(CC)C2CC. The molecule has 0 aromatic heterocycles. The lowest BCUT2D eigenvalue weighted by atomic mass is 9.72. The minimum Gasteiger partial charge on any atom is -0.0676 e. The van der Waals surface area contributed by atoms with Crippen molar-refractivity contribution in [1.82, 2.24) is 0 Å². The summed E-state index contributed by atoms with van der Waals surface area (Å²) in [6, 6.07) is 0. The largest absolute Gasteiger partial charge is 0.0676 e. The molecule has 0 spiro atoms. The number of hydrogen-bond acceptors (Lipinski definition) is 0. The van der Waals surface area contributed by atoms with Gasteiger partial charge < -0.3 is 0 Å². The van der Waals surface area contributed by atoms with Crippen molar-refractivity contribution in [3.05, 3.63) is 11.1 Å². The molecule has 2 bridgehead atoms. The summed E-state index contributed by atoms with van der Waals surface area (Å²) < 4.78 is 0. The molecule has 0 saturated heterocycles. The summed E-state index contributed by atoms with van der Waals surface area (Å²) in [7, 11) is 0. The van der Waals surface area contributed by atoms with E-state index < -0.39 is 0 Å². The number of rotatable bonds is 4. The number of hydrogen-bond donors (Lipinski definition) is 0. The van der Waals surface area contributed by atoms with Crippen LogP contribution in [0.3, 0.4) is 0 Å². The van der Waals surface area contributed by atoms with Gasteiger partial charge in [-0.1, -0.05) is 51.7 Å². The van der Waals surface area contributed by atoms with Gasteiger partial charge in [0.05, 0.1) is 0 Å². The molecule has 1 saturated carbocycles. The Morgan fingerprint density at radius 3 is 1.47 bits per heavy atom. The summed E-state index contributed by atoms with van der Waals surface area (Å²) in [5.74, 6) is 3.99. The molecule has 0 heteroatoms. The highest BCUT2D eigenvalue weighted by Crippen LogP contribution is 2.58. The molecule has 2 aliphatic carbocycles. The standard InChI is InChI=1S/C15H26/c1-5-10-11(6-2)15-9-14(10)12(7-3)13(15)8-4/h10-11,14-15H,5-9H2,1-4H3. The minimum absolute atomic E-state index is 0.977. The molecule has 0 aromatic rings. The Kier molecular flexibility index (Phi) is 3.23. The molecule has 0 aromatic carbocycles. The van der Waals surface area contributed by atoms with Crippen LogP contribution in [0.4, 0.5) is 0 Å². The molecule has 0 aliphatic heterocycles. The Morgan fingerprint density at radius 2 is 1.20 bits per heavy atom. The summed E-state index contributed by atoms with van der Waals surface area (Å²) in [5, 5.41) is 0. The van der Waals surface area contributed by atoms with E-state index in [1.54, 1.807) is 0 Å². The second kappa shape index (κ2) is 4.31. The van der Waals surface area contributed by atoms with E-state index >= 15 is 0 Å². The summed E-state index contributed by atoms with van der Waals surface area (Å²) in [4.78, 5) is 0. The van der Waals surface area contributed by atoms with E-state index in [1.807, 2.05) is 11.1 Å². The fourth-order valence-electron chi connectivity index (χ4n) is 4.65. The fourth-order valence-corrected chi connectivity index (χ4v) is 4.65. The second-order valence-electron chi connectivity index (χ2n) is 5.35. The fraction of sp³-hybridized carbons (Fsp3) is 0.867. The molecule has 1 fully saturated rings. The molecule has 0 amide bonds. The van der Waals surface area contributed by atoms with Crippen molar-refractivity contribution in [2.75, 3.05) is 0 Å². The van der Waals surface area contributed by atoms with Crippen LogP contribution in [0.15, 0.2) is 11.1 Å². The predicted octanol–water partition coefficient (Wildman–Crippen LogP) is 4.81. The van der Waals surface area contributed by atoms with E-state index in [4.69, 9.17) is 0 Å². The van der Waals surface area contributed by atoms with Gasteiger partial charge in [-0.25, -0.2) is 0 Å². The van der Waals surface area contributed by atoms with Crippen LogP contribution >= 0.6 is 0 Å². The minimum atomic E-state index is 0.977. The van der Waals surface area contributed by atoms with E-state index in [0.29, 0.717) is 0 Å². The average molecular weight is 206 g/mol. The van der Waals surface area contributed by atoms with Gasteiger partial charge in [0.25, 0.3) is 0 Å². The Morgan fingerprint density at radius 1 is 0.800 bits per heavy atom. The first-order chi connectivity index (χ1) is 7.28. The van der Waals surface area contributed by atoms with Crippen LogP contribution in [0.2, 0.25) is 0 Å². The molecule has 15 heavy (non-hydrogen) atoms. The van der Waals surface area contributed by atoms with Gasteiger partial charge in [-0.2, -0.15) is 0 Å². The maximum atomic E-state index is 2.40. The monoisotopic (exact) mass is 206 g/mol. The Balaban J connectivity index is 2.30. The van der Waals surface area contributed by atoms with Gasteiger partial charge in [-0.3, -0.25) is 0 Å². The zero-order valence-corrected chi connectivity index (χ0v) is 10.8. The third-order valence-corrected chi connectivity index (χ3v) is 5.10. The van der Waals surface area contributed by atoms with Crippen molar-refractivity contribution in [2.45, 2.75) is 59.8 Å². The van der Waals surface area contributed by atoms with Gasteiger partial charge in [0.15, 0.2) is 0 Å². The van der Waals surface area contributed by atoms with Crippen LogP contribution in [0.1, 0.15) is 59.8 Å². The lowest BCUT2D eigenvalue weighted by Gasteiger charge is -2.33. The third kappa shape index (κ3) is 1.48. The van der Waals surface area contributed by atoms with E-state index in [-0.39, 0.29) is 0 Å². The molecular formula is C15H26. The maximum Gasteiger partial charge on any atom is -0.0164 e. The molecule has 0 N–H and O–H groups in total. The third-order valence-electron chi connectivity index (χ3n) is 5.10. The average Bonchev–Trinajstić information content (AvgIpc) is 2.80. The van der Waals surface area contributed by atoms with Gasteiger partial charge in [0.1, 0.15) is 0 Å². The van der Waals surface area contributed by atoms with Crippen molar-refractivity contribution in [3.63, 3.8) is 0 Å². The molecule has 86 valence electrons. The second-order valence-corrected chi connectivity index (χ2v) is 5.35. The molecular weight excluding hydrogens is 180 g/mol. The highest BCUT2D eigenvalue weighted by atomic mass is 14.5. The Bertz CT molecular complexity index is 235. The first-order valence-electron chi connectivity index (χ1n) is 7.00. The van der Waals surface area contributed by atoms with Crippen LogP contribution in [-0.4, -0.2) is 0 Å². The van der Waals surface area contributed by atoms with E-state index in [0.717, 1.165) is 23.7 Å². The Hall–Kier alpha value is -0.260. The van der Waals surface area contributed by atoms with E-state index in [9.17, 15) is 0 Å². The number of allylic oxidation sites excluding steroid dienone is 2. The molecule has 0 radical (unpaired) electrons. The van der Waals surface area contributed by atoms with Crippen molar-refractivity contribution in [1.29, 1.82) is 0 Å². The van der Waals surface area contributed by atoms with Crippen molar-refractivity contribution >= 4 is 0 Å². The smallest absolute Gasteiger partial charge is 0.0164 e. The first-order valence-corrected chi connectivity index (χ1v) is 7.00. The Labute approximate surface area is 95.1 Å². The number of fused-ring (bicyclic) bond motifs is 2. The molecule has 2 aliphatic rings. The van der Waals surface area contributed by atoms with Crippen LogP contribution in [-0.2, 0) is 0 Å². The van der Waals surface area contributed by atoms with Crippen molar-refractivity contribution in [2.24, 2.45) is 23.7 Å². The summed E-state index contributed by atoms with van der Waals surface area (Å²) in [5.41, 5.74) is 3.72. The van der Waals surface area contributed by atoms with E-state index in [2.05, 4.69) is 27.7 Å². The highest BCUT2D eigenvalue weighted by molar-refractivity contribution is 5.31. The highest BCUT2D eigenvalue weighted by Gasteiger charge is 2.48. The first kappa shape index (κ1) is 11.2. The zero-order valence-electron chi connectivity index (χ0n) is 10.8. The molecule has 2 rings (SSSR count). The van der Waals surface area contributed by atoms with Crippen molar-refractivity contribution in [3.8, 4) is 0 Å². The van der Waals surface area contributed by atoms with Crippen LogP contribution < -0.4 is 0 Å². The molecule has 4 unspecified atom stereocenters. The van der Waals surface area contributed by atoms with Crippen LogP contribution in [0.5, 0.6) is 0 Å². The molecule has 4 atom stereocenters. The summed E-state index contributed by atoms with van der Waals surface area (Å²) in [6.45, 7) is 9.51. The maximum absolute atomic E-state index is 2.40. The van der Waals surface area contributed by atoms with Gasteiger partial charge in [-0.05, 0) is 42.9 Å². The predicted molar refractivity (Wildman–Crippen MR) is 66.8 cm³/mol. The van der Waals surface area contributed by atoms with Gasteiger partial charge >= 0.3 is 0 Å². The zero-order chi connectivity index (χ0) is 11.0. The van der Waals surface area contributed by atoms with Crippen LogP contribution in [0, 0.1) is 23.7 Å². The van der Waals surface area contributed by atoms with Gasteiger partial charge in [0, 0.05) is 0 Å². The lowest BCUT2D eigenvalue weighted by Crippen LogP contribution is -2.23. The van der Waals surface area contributed by atoms with E-state index in [1.165, 1.54) is 32.1 Å². The van der Waals surface area contributed by atoms with Gasteiger partial charge in [-0.15, -0.1) is 0 Å². The normalized spacial score (nSPS) is 39.2. The van der Waals surface area contributed by atoms with Gasteiger partial charge in [0.2, 0.25) is 0 Å². The van der Waals surface area contributed by atoms with Crippen LogP contribution in [0.25, 0.3) is 0 Å². The topological polar surface area (TPSA) is 0 Å². The lowest BCUT2D eigenvalue weighted by molar-refractivity contribution is 0.271. The summed E-state index contributed by atoms with van der Waals surface area (Å²) >= 11 is 0. The molecule has 0 nitrogen and oxygen atoms in total.